The standard InChI is InChI=1S/C14H9F3N2/c1-8-2-3-9(7-18)12(6-8)19-11-5-4-10(15)13(16)14(11)17/h2-6,19H,1H3. The summed E-state index contributed by atoms with van der Waals surface area (Å²) in [5.74, 6) is -4.12. The Morgan fingerprint density at radius 1 is 1.00 bits per heavy atom. The van der Waals surface area contributed by atoms with Crippen LogP contribution in [-0.4, -0.2) is 0 Å². The lowest BCUT2D eigenvalue weighted by atomic mass is 10.1. The Balaban J connectivity index is 2.45. The molecule has 0 amide bonds. The van der Waals surface area contributed by atoms with Crippen LogP contribution in [0.25, 0.3) is 0 Å². The maximum atomic E-state index is 13.5. The van der Waals surface area contributed by atoms with Crippen LogP contribution in [0.15, 0.2) is 30.3 Å². The van der Waals surface area contributed by atoms with Crippen LogP contribution in [0.5, 0.6) is 0 Å². The predicted octanol–water partition coefficient (Wildman–Crippen LogP) is 4.03. The first kappa shape index (κ1) is 13.0. The van der Waals surface area contributed by atoms with Crippen molar-refractivity contribution in [2.24, 2.45) is 0 Å². The Morgan fingerprint density at radius 3 is 2.42 bits per heavy atom. The molecule has 0 unspecified atom stereocenters. The van der Waals surface area contributed by atoms with Crippen molar-refractivity contribution in [1.29, 1.82) is 5.26 Å². The molecule has 0 aromatic heterocycles. The Morgan fingerprint density at radius 2 is 1.74 bits per heavy atom. The van der Waals surface area contributed by atoms with E-state index in [1.165, 1.54) is 0 Å². The highest BCUT2D eigenvalue weighted by atomic mass is 19.2. The maximum absolute atomic E-state index is 13.5. The Labute approximate surface area is 108 Å². The molecule has 0 fully saturated rings. The van der Waals surface area contributed by atoms with Crippen LogP contribution in [0.1, 0.15) is 11.1 Å². The average molecular weight is 262 g/mol. The zero-order valence-electron chi connectivity index (χ0n) is 9.97. The molecule has 96 valence electrons. The minimum atomic E-state index is -1.55. The molecule has 0 saturated heterocycles. The summed E-state index contributed by atoms with van der Waals surface area (Å²) in [5, 5.41) is 11.5. The molecular weight excluding hydrogens is 253 g/mol. The summed E-state index contributed by atoms with van der Waals surface area (Å²) in [5.41, 5.74) is 1.26. The first-order valence-corrected chi connectivity index (χ1v) is 5.44. The van der Waals surface area contributed by atoms with Crippen LogP contribution in [0.4, 0.5) is 24.5 Å². The number of anilines is 2. The molecule has 0 radical (unpaired) electrons. The van der Waals surface area contributed by atoms with Gasteiger partial charge in [-0.15, -0.1) is 0 Å². The van der Waals surface area contributed by atoms with E-state index in [1.54, 1.807) is 25.1 Å². The quantitative estimate of drug-likeness (QED) is 0.829. The average Bonchev–Trinajstić information content (AvgIpc) is 2.40. The Kier molecular flexibility index (Phi) is 3.43. The monoisotopic (exact) mass is 262 g/mol. The summed E-state index contributed by atoms with van der Waals surface area (Å²) >= 11 is 0. The van der Waals surface area contributed by atoms with Crippen LogP contribution < -0.4 is 5.32 Å². The number of benzene rings is 2. The zero-order valence-corrected chi connectivity index (χ0v) is 9.97. The first-order chi connectivity index (χ1) is 9.02. The van der Waals surface area contributed by atoms with Gasteiger partial charge in [-0.25, -0.2) is 13.2 Å². The van der Waals surface area contributed by atoms with E-state index in [9.17, 15) is 13.2 Å². The minimum Gasteiger partial charge on any atom is -0.352 e. The number of hydrogen-bond donors (Lipinski definition) is 1. The van der Waals surface area contributed by atoms with E-state index < -0.39 is 17.5 Å². The molecule has 19 heavy (non-hydrogen) atoms. The fraction of sp³-hybridized carbons (Fsp3) is 0.0714. The lowest BCUT2D eigenvalue weighted by molar-refractivity contribution is 0.449. The van der Waals surface area contributed by atoms with Gasteiger partial charge in [0.25, 0.3) is 0 Å². The molecule has 0 aliphatic carbocycles. The van der Waals surface area contributed by atoms with E-state index in [1.807, 2.05) is 6.07 Å². The van der Waals surface area contributed by atoms with Crippen molar-refractivity contribution in [2.45, 2.75) is 6.92 Å². The van der Waals surface area contributed by atoms with E-state index in [0.717, 1.165) is 17.7 Å². The summed E-state index contributed by atoms with van der Waals surface area (Å²) in [6, 6.07) is 8.76. The van der Waals surface area contributed by atoms with E-state index >= 15 is 0 Å². The van der Waals surface area contributed by atoms with Crippen molar-refractivity contribution in [1.82, 2.24) is 0 Å². The molecule has 1 N–H and O–H groups in total. The summed E-state index contributed by atoms with van der Waals surface area (Å²) in [4.78, 5) is 0. The second-order valence-corrected chi connectivity index (χ2v) is 4.01. The Bertz CT molecular complexity index is 675. The molecule has 0 aliphatic heterocycles. The molecule has 2 nitrogen and oxygen atoms in total. The maximum Gasteiger partial charge on any atom is 0.196 e. The van der Waals surface area contributed by atoms with Gasteiger partial charge >= 0.3 is 0 Å². The third-order valence-electron chi connectivity index (χ3n) is 2.60. The summed E-state index contributed by atoms with van der Waals surface area (Å²) in [6.45, 7) is 1.80. The van der Waals surface area contributed by atoms with Crippen LogP contribution >= 0.6 is 0 Å². The van der Waals surface area contributed by atoms with Crippen LogP contribution in [0.2, 0.25) is 0 Å². The second-order valence-electron chi connectivity index (χ2n) is 4.01. The number of nitrogens with one attached hydrogen (secondary N) is 1. The number of hydrogen-bond acceptors (Lipinski definition) is 2. The minimum absolute atomic E-state index is 0.221. The molecule has 0 saturated carbocycles. The second kappa shape index (κ2) is 5.02. The van der Waals surface area contributed by atoms with Gasteiger partial charge < -0.3 is 5.32 Å². The van der Waals surface area contributed by atoms with E-state index in [0.29, 0.717) is 5.69 Å². The van der Waals surface area contributed by atoms with Gasteiger partial charge in [0.15, 0.2) is 17.5 Å². The van der Waals surface area contributed by atoms with Crippen molar-refractivity contribution in [3.8, 4) is 6.07 Å². The van der Waals surface area contributed by atoms with Crippen LogP contribution in [-0.2, 0) is 0 Å². The van der Waals surface area contributed by atoms with Gasteiger partial charge in [0.1, 0.15) is 6.07 Å². The highest BCUT2D eigenvalue weighted by Gasteiger charge is 2.14. The van der Waals surface area contributed by atoms with Crippen molar-refractivity contribution in [2.75, 3.05) is 5.32 Å². The van der Waals surface area contributed by atoms with Gasteiger partial charge in [-0.1, -0.05) is 6.07 Å². The van der Waals surface area contributed by atoms with Crippen molar-refractivity contribution < 1.29 is 13.2 Å². The van der Waals surface area contributed by atoms with E-state index in [-0.39, 0.29) is 11.3 Å². The molecule has 0 atom stereocenters. The van der Waals surface area contributed by atoms with Crippen LogP contribution in [0, 0.1) is 35.7 Å². The van der Waals surface area contributed by atoms with E-state index in [4.69, 9.17) is 5.26 Å². The number of halogens is 3. The van der Waals surface area contributed by atoms with Gasteiger partial charge in [-0.05, 0) is 36.8 Å². The fourth-order valence-corrected chi connectivity index (χ4v) is 1.63. The Hall–Kier alpha value is -2.48. The molecule has 0 heterocycles. The van der Waals surface area contributed by atoms with Gasteiger partial charge in [0.05, 0.1) is 16.9 Å². The predicted molar refractivity (Wildman–Crippen MR) is 65.5 cm³/mol. The molecule has 2 rings (SSSR count). The third-order valence-corrected chi connectivity index (χ3v) is 2.60. The topological polar surface area (TPSA) is 35.8 Å². The normalized spacial score (nSPS) is 10.1. The van der Waals surface area contributed by atoms with Crippen LogP contribution in [0.3, 0.4) is 0 Å². The summed E-state index contributed by atoms with van der Waals surface area (Å²) in [6.07, 6.45) is 0. The van der Waals surface area contributed by atoms with Gasteiger partial charge in [-0.3, -0.25) is 0 Å². The van der Waals surface area contributed by atoms with Gasteiger partial charge in [0, 0.05) is 0 Å². The lowest BCUT2D eigenvalue weighted by Crippen LogP contribution is -2.00. The largest absolute Gasteiger partial charge is 0.352 e. The van der Waals surface area contributed by atoms with Crippen molar-refractivity contribution >= 4 is 11.4 Å². The smallest absolute Gasteiger partial charge is 0.196 e. The summed E-state index contributed by atoms with van der Waals surface area (Å²) in [7, 11) is 0. The highest BCUT2D eigenvalue weighted by Crippen LogP contribution is 2.26. The van der Waals surface area contributed by atoms with E-state index in [2.05, 4.69) is 5.32 Å². The fourth-order valence-electron chi connectivity index (χ4n) is 1.63. The number of nitriles is 1. The molecule has 2 aromatic rings. The zero-order chi connectivity index (χ0) is 14.0. The van der Waals surface area contributed by atoms with Crippen molar-refractivity contribution in [3.05, 3.63) is 58.9 Å². The molecule has 0 bridgehead atoms. The number of nitrogens with zero attached hydrogens (tertiary/aromatic N) is 1. The first-order valence-electron chi connectivity index (χ1n) is 5.44. The third kappa shape index (κ3) is 2.52. The number of rotatable bonds is 2. The SMILES string of the molecule is Cc1ccc(C#N)c(Nc2ccc(F)c(F)c2F)c1. The van der Waals surface area contributed by atoms with Gasteiger partial charge in [0.2, 0.25) is 0 Å². The lowest BCUT2D eigenvalue weighted by Gasteiger charge is -2.10. The van der Waals surface area contributed by atoms with Gasteiger partial charge in [-0.2, -0.15) is 5.26 Å². The molecule has 2 aromatic carbocycles. The van der Waals surface area contributed by atoms with Crippen molar-refractivity contribution in [3.63, 3.8) is 0 Å². The molecule has 0 aliphatic rings. The molecular formula is C14H9F3N2. The summed E-state index contributed by atoms with van der Waals surface area (Å²) < 4.78 is 39.4. The number of aryl methyl sites for hydroxylation is 1. The highest BCUT2D eigenvalue weighted by molar-refractivity contribution is 5.67. The molecule has 0 spiro atoms. The molecule has 5 heteroatoms.